The quantitative estimate of drug-likeness (QED) is 0.588. The van der Waals surface area contributed by atoms with E-state index in [1.54, 1.807) is 36.3 Å². The summed E-state index contributed by atoms with van der Waals surface area (Å²) in [5.41, 5.74) is 1.21. The van der Waals surface area contributed by atoms with Crippen LogP contribution in [0.5, 0.6) is 0 Å². The number of esters is 1. The van der Waals surface area contributed by atoms with Gasteiger partial charge in [-0.1, -0.05) is 6.42 Å². The Kier molecular flexibility index (Phi) is 5.65. The van der Waals surface area contributed by atoms with Crippen molar-refractivity contribution in [2.45, 2.75) is 51.6 Å². The minimum Gasteiger partial charge on any atom is -0.465 e. The second-order valence-corrected chi connectivity index (χ2v) is 7.50. The number of carbonyl (C=O) groups excluding carboxylic acids is 1. The highest BCUT2D eigenvalue weighted by Gasteiger charge is 2.41. The van der Waals surface area contributed by atoms with Crippen LogP contribution in [0, 0.1) is 5.92 Å². The van der Waals surface area contributed by atoms with Crippen LogP contribution in [-0.4, -0.2) is 42.8 Å². The van der Waals surface area contributed by atoms with Gasteiger partial charge in [-0.25, -0.2) is 13.8 Å². The molecule has 1 aliphatic carbocycles. The van der Waals surface area contributed by atoms with E-state index in [1.165, 1.54) is 4.68 Å². The first-order chi connectivity index (χ1) is 14.4. The maximum atomic E-state index is 14.3. The average Bonchev–Trinajstić information content (AvgIpc) is 3.30. The summed E-state index contributed by atoms with van der Waals surface area (Å²) < 4.78 is 36.7. The van der Waals surface area contributed by atoms with Gasteiger partial charge in [0, 0.05) is 42.9 Å². The fourth-order valence-corrected chi connectivity index (χ4v) is 3.79. The lowest BCUT2D eigenvalue weighted by molar-refractivity contribution is -0.144. The third kappa shape index (κ3) is 4.42. The highest BCUT2D eigenvalue weighted by atomic mass is 19.3. The number of rotatable bonds is 7. The largest absolute Gasteiger partial charge is 0.465 e. The molecule has 0 amide bonds. The summed E-state index contributed by atoms with van der Waals surface area (Å²) in [5, 5.41) is 7.94. The summed E-state index contributed by atoms with van der Waals surface area (Å²) in [4.78, 5) is 20.3. The second-order valence-electron chi connectivity index (χ2n) is 7.50. The van der Waals surface area contributed by atoms with Crippen molar-refractivity contribution in [1.82, 2.24) is 24.3 Å². The molecule has 8 nitrogen and oxygen atoms in total. The topological polar surface area (TPSA) is 86.9 Å². The van der Waals surface area contributed by atoms with Crippen molar-refractivity contribution in [3.8, 4) is 0 Å². The number of halogens is 2. The maximum Gasteiger partial charge on any atom is 0.327 e. The predicted molar refractivity (Wildman–Crippen MR) is 107 cm³/mol. The van der Waals surface area contributed by atoms with E-state index < -0.39 is 11.8 Å². The van der Waals surface area contributed by atoms with Gasteiger partial charge in [-0.3, -0.25) is 9.48 Å². The van der Waals surface area contributed by atoms with Crippen molar-refractivity contribution >= 4 is 28.6 Å². The number of aromatic nitrogens is 5. The summed E-state index contributed by atoms with van der Waals surface area (Å²) in [6, 6.07) is 1.83. The number of hydrogen-bond acceptors (Lipinski definition) is 6. The van der Waals surface area contributed by atoms with Crippen molar-refractivity contribution in [1.29, 1.82) is 0 Å². The second kappa shape index (κ2) is 8.37. The molecule has 1 atom stereocenters. The van der Waals surface area contributed by atoms with Gasteiger partial charge in [-0.05, 0) is 25.8 Å². The van der Waals surface area contributed by atoms with E-state index in [-0.39, 0.29) is 25.5 Å². The van der Waals surface area contributed by atoms with Crippen molar-refractivity contribution in [3.05, 3.63) is 30.9 Å². The Morgan fingerprint density at radius 3 is 3.03 bits per heavy atom. The summed E-state index contributed by atoms with van der Waals surface area (Å²) in [5.74, 6) is -3.37. The van der Waals surface area contributed by atoms with Gasteiger partial charge in [0.25, 0.3) is 5.92 Å². The molecule has 160 valence electrons. The van der Waals surface area contributed by atoms with Crippen LogP contribution in [0.1, 0.15) is 32.6 Å². The lowest BCUT2D eigenvalue weighted by atomic mass is 9.85. The zero-order valence-corrected chi connectivity index (χ0v) is 16.7. The molecule has 0 aromatic carbocycles. The zero-order valence-electron chi connectivity index (χ0n) is 16.7. The van der Waals surface area contributed by atoms with Crippen molar-refractivity contribution < 1.29 is 18.3 Å². The predicted octanol–water partition coefficient (Wildman–Crippen LogP) is 3.76. The SMILES string of the molecule is CCOC(=O)Cn1cc(Nc2ncc3ccn(CC4CCCCC4(F)F)c3n2)cn1. The fraction of sp³-hybridized carbons (Fsp3) is 0.500. The smallest absolute Gasteiger partial charge is 0.327 e. The minimum atomic E-state index is -2.64. The monoisotopic (exact) mass is 418 g/mol. The highest BCUT2D eigenvalue weighted by Crippen LogP contribution is 2.39. The van der Waals surface area contributed by atoms with E-state index >= 15 is 0 Å². The minimum absolute atomic E-state index is 0.00780. The number of ether oxygens (including phenoxy) is 1. The number of nitrogens with zero attached hydrogens (tertiary/aromatic N) is 5. The number of hydrogen-bond donors (Lipinski definition) is 1. The summed E-state index contributed by atoms with van der Waals surface area (Å²) in [7, 11) is 0. The number of fused-ring (bicyclic) bond motifs is 1. The van der Waals surface area contributed by atoms with Gasteiger partial charge >= 0.3 is 5.97 Å². The van der Waals surface area contributed by atoms with Crippen molar-refractivity contribution in [2.75, 3.05) is 11.9 Å². The van der Waals surface area contributed by atoms with E-state index in [0.29, 0.717) is 36.7 Å². The molecule has 3 aromatic rings. The van der Waals surface area contributed by atoms with E-state index in [4.69, 9.17) is 4.74 Å². The van der Waals surface area contributed by atoms with E-state index in [0.717, 1.165) is 11.8 Å². The third-order valence-electron chi connectivity index (χ3n) is 5.31. The Morgan fingerprint density at radius 1 is 1.37 bits per heavy atom. The lowest BCUT2D eigenvalue weighted by Gasteiger charge is -2.31. The molecule has 3 aromatic heterocycles. The van der Waals surface area contributed by atoms with E-state index in [2.05, 4.69) is 20.4 Å². The lowest BCUT2D eigenvalue weighted by Crippen LogP contribution is -2.34. The first-order valence-electron chi connectivity index (χ1n) is 10.1. The number of carbonyl (C=O) groups is 1. The molecule has 0 radical (unpaired) electrons. The molecular formula is C20H24F2N6O2. The van der Waals surface area contributed by atoms with Gasteiger partial charge in [-0.15, -0.1) is 0 Å². The summed E-state index contributed by atoms with van der Waals surface area (Å²) in [6.45, 7) is 2.29. The molecule has 1 fully saturated rings. The first-order valence-corrected chi connectivity index (χ1v) is 10.1. The molecular weight excluding hydrogens is 394 g/mol. The molecule has 0 saturated heterocycles. The van der Waals surface area contributed by atoms with Gasteiger partial charge in [0.2, 0.25) is 5.95 Å². The summed E-state index contributed by atoms with van der Waals surface area (Å²) >= 11 is 0. The zero-order chi connectivity index (χ0) is 21.1. The molecule has 1 N–H and O–H groups in total. The fourth-order valence-electron chi connectivity index (χ4n) is 3.79. The number of alkyl halides is 2. The Labute approximate surface area is 172 Å². The molecule has 0 spiro atoms. The molecule has 1 aliphatic rings. The van der Waals surface area contributed by atoms with Gasteiger partial charge in [0.1, 0.15) is 12.2 Å². The molecule has 4 rings (SSSR count). The highest BCUT2D eigenvalue weighted by molar-refractivity contribution is 5.76. The van der Waals surface area contributed by atoms with E-state index in [9.17, 15) is 13.6 Å². The maximum absolute atomic E-state index is 14.3. The van der Waals surface area contributed by atoms with Gasteiger partial charge in [0.15, 0.2) is 0 Å². The molecule has 0 aliphatic heterocycles. The first kappa shape index (κ1) is 20.2. The van der Waals surface area contributed by atoms with Crippen LogP contribution in [0.3, 0.4) is 0 Å². The van der Waals surface area contributed by atoms with Crippen LogP contribution >= 0.6 is 0 Å². The molecule has 10 heteroatoms. The van der Waals surface area contributed by atoms with Crippen LogP contribution < -0.4 is 5.32 Å². The van der Waals surface area contributed by atoms with Gasteiger partial charge < -0.3 is 14.6 Å². The van der Waals surface area contributed by atoms with Gasteiger partial charge in [-0.2, -0.15) is 10.1 Å². The number of nitrogens with one attached hydrogen (secondary N) is 1. The van der Waals surface area contributed by atoms with Crippen LogP contribution in [-0.2, 0) is 22.6 Å². The molecule has 1 saturated carbocycles. The third-order valence-corrected chi connectivity index (χ3v) is 5.31. The molecule has 30 heavy (non-hydrogen) atoms. The Morgan fingerprint density at radius 2 is 2.23 bits per heavy atom. The van der Waals surface area contributed by atoms with E-state index in [1.807, 2.05) is 6.07 Å². The average molecular weight is 418 g/mol. The van der Waals surface area contributed by atoms with Crippen molar-refractivity contribution in [3.63, 3.8) is 0 Å². The van der Waals surface area contributed by atoms with Crippen LogP contribution in [0.25, 0.3) is 11.0 Å². The van der Waals surface area contributed by atoms with Crippen LogP contribution in [0.15, 0.2) is 30.9 Å². The van der Waals surface area contributed by atoms with Gasteiger partial charge in [0.05, 0.1) is 18.5 Å². The normalized spacial score (nSPS) is 18.4. The van der Waals surface area contributed by atoms with Crippen molar-refractivity contribution in [2.24, 2.45) is 5.92 Å². The Balaban J connectivity index is 1.49. The Bertz CT molecular complexity index is 1030. The van der Waals surface area contributed by atoms with Crippen LogP contribution in [0.2, 0.25) is 0 Å². The molecule has 1 unspecified atom stereocenters. The standard InChI is InChI=1S/C20H24F2N6O2/c1-2-30-17(29)13-28-12-16(10-24-28)25-19-23-9-14-6-8-27(18(14)26-19)11-15-5-3-4-7-20(15,21)22/h6,8-10,12,15H,2-5,7,11,13H2,1H3,(H,23,25,26). The molecule has 3 heterocycles. The Hall–Kier alpha value is -3.04. The van der Waals surface area contributed by atoms with Crippen LogP contribution in [0.4, 0.5) is 20.4 Å². The summed E-state index contributed by atoms with van der Waals surface area (Å²) in [6.07, 6.45) is 8.51. The molecule has 0 bridgehead atoms. The number of anilines is 2.